The second-order valence-electron chi connectivity index (χ2n) is 25.7. The van der Waals surface area contributed by atoms with E-state index in [4.69, 9.17) is 10.2 Å². The number of aryl methyl sites for hydroxylation is 2. The number of carbonyl (C=O) groups excluding carboxylic acids is 1. The Balaban J connectivity index is 0.000000221. The van der Waals surface area contributed by atoms with E-state index in [-0.39, 0.29) is 49.4 Å². The third kappa shape index (κ3) is 12.9. The van der Waals surface area contributed by atoms with Crippen molar-refractivity contribution in [2.45, 2.75) is 174 Å². The summed E-state index contributed by atoms with van der Waals surface area (Å²) in [5.41, 5.74) is 16.4. The number of ketones is 1. The van der Waals surface area contributed by atoms with Gasteiger partial charge in [0, 0.05) is 11.1 Å². The number of carbonyl (C=O) groups is 3. The minimum absolute atomic E-state index is 0.00340. The number of hydrogen-bond acceptors (Lipinski definition) is 4. The fourth-order valence-electron chi connectivity index (χ4n) is 11.5. The average Bonchev–Trinajstić information content (AvgIpc) is 3.37. The molecule has 0 spiro atoms. The highest BCUT2D eigenvalue weighted by molar-refractivity contribution is 6.07. The van der Waals surface area contributed by atoms with E-state index in [1.54, 1.807) is 48.6 Å². The van der Waals surface area contributed by atoms with E-state index in [0.29, 0.717) is 11.1 Å². The highest BCUT2D eigenvalue weighted by atomic mass is 16.4. The molecule has 0 radical (unpaired) electrons. The number of aliphatic hydroxyl groups excluding tert-OH is 1. The molecule has 0 saturated heterocycles. The second-order valence-corrected chi connectivity index (χ2v) is 25.7. The Kier molecular flexibility index (Phi) is 16.2. The van der Waals surface area contributed by atoms with Gasteiger partial charge < -0.3 is 15.3 Å². The molecule has 1 atom stereocenters. The Morgan fingerprint density at radius 3 is 1.39 bits per heavy atom. The minimum Gasteiger partial charge on any atom is -0.478 e. The number of aliphatic hydroxyl groups is 1. The Labute approximate surface area is 453 Å². The molecule has 0 saturated carbocycles. The number of aromatic carboxylic acids is 2. The van der Waals surface area contributed by atoms with Gasteiger partial charge in [-0.2, -0.15) is 0 Å². The molecule has 76 heavy (non-hydrogen) atoms. The number of carboxylic acid groups (broad SMARTS) is 2. The number of hydrogen-bond donors (Lipinski definition) is 3. The first-order valence-corrected chi connectivity index (χ1v) is 27.0. The summed E-state index contributed by atoms with van der Waals surface area (Å²) in [5, 5.41) is 29.5. The maximum absolute atomic E-state index is 13.5. The van der Waals surface area contributed by atoms with Gasteiger partial charge in [0.15, 0.2) is 5.78 Å². The van der Waals surface area contributed by atoms with E-state index in [0.717, 1.165) is 49.7 Å². The van der Waals surface area contributed by atoms with Crippen molar-refractivity contribution in [2.24, 2.45) is 0 Å². The lowest BCUT2D eigenvalue weighted by Gasteiger charge is -2.44. The zero-order chi connectivity index (χ0) is 55.8. The van der Waals surface area contributed by atoms with Crippen LogP contribution in [0.4, 0.5) is 0 Å². The van der Waals surface area contributed by atoms with Gasteiger partial charge in [0.25, 0.3) is 0 Å². The van der Waals surface area contributed by atoms with Gasteiger partial charge in [0.2, 0.25) is 0 Å². The Hall–Kier alpha value is -6.81. The maximum Gasteiger partial charge on any atom is 0.335 e. The predicted molar refractivity (Wildman–Crippen MR) is 311 cm³/mol. The number of benzene rings is 6. The molecular weight excluding hydrogens is 937 g/mol. The number of allylic oxidation sites excluding steroid dienone is 1. The summed E-state index contributed by atoms with van der Waals surface area (Å²) in [6.45, 7) is 32.0. The molecule has 0 aliphatic heterocycles. The van der Waals surface area contributed by atoms with Crippen LogP contribution in [0.1, 0.15) is 218 Å². The van der Waals surface area contributed by atoms with Gasteiger partial charge in [-0.05, 0) is 195 Å². The molecule has 6 aromatic carbocycles. The molecule has 2 aliphatic rings. The van der Waals surface area contributed by atoms with Crippen LogP contribution in [-0.4, -0.2) is 33.0 Å². The fraction of sp³-hybridized carbons (Fsp3) is 0.386. The van der Waals surface area contributed by atoms with Crippen molar-refractivity contribution in [2.75, 3.05) is 0 Å². The van der Waals surface area contributed by atoms with Crippen molar-refractivity contribution in [1.82, 2.24) is 0 Å². The minimum atomic E-state index is -0.967. The van der Waals surface area contributed by atoms with Gasteiger partial charge in [-0.3, -0.25) is 4.79 Å². The fourth-order valence-corrected chi connectivity index (χ4v) is 11.5. The molecule has 396 valence electrons. The average molecular weight is 1020 g/mol. The van der Waals surface area contributed by atoms with E-state index >= 15 is 0 Å². The first-order chi connectivity index (χ1) is 35.4. The van der Waals surface area contributed by atoms with Gasteiger partial charge in [0.05, 0.1) is 11.1 Å². The molecular formula is C70H80O6. The normalized spacial score (nSPS) is 16.5. The van der Waals surface area contributed by atoms with E-state index in [2.05, 4.69) is 182 Å². The van der Waals surface area contributed by atoms with Crippen molar-refractivity contribution in [1.29, 1.82) is 0 Å². The van der Waals surface area contributed by atoms with Crippen molar-refractivity contribution in [3.8, 4) is 11.8 Å². The van der Waals surface area contributed by atoms with Crippen LogP contribution in [0.3, 0.4) is 0 Å². The SMILES string of the molecule is Cc1ccc(C(C)(C)Cc2cc(C(=O)C=Cc3ccc(C(=O)O)cc3)cc3c2C(C)(C)CCC3(C)C)cc1.Cc1ccc(C(C)(C)Cc2cc(C(O)C#Cc3ccc(C(=O)O)cc3)cc3c2C(C)(C)CCC3(C)C)cc1. The standard InChI is InChI=1S/2C35H40O3/c2*1-23-8-15-28(16-9-23)35(6,7)22-27-20-26(21-29-31(27)34(4,5)19-18-33(29,2)3)30(36)17-12-24-10-13-25(14-11-24)32(37)38/h8-11,13-16,20-21,30,36H,18-19,22H2,1-7H3,(H,37,38);8-17,20-21H,18-19,22H2,1-7H3,(H,37,38). The molecule has 8 rings (SSSR count). The van der Waals surface area contributed by atoms with Crippen LogP contribution in [0.5, 0.6) is 0 Å². The van der Waals surface area contributed by atoms with Crippen LogP contribution in [0.2, 0.25) is 0 Å². The molecule has 6 nitrogen and oxygen atoms in total. The summed E-state index contributed by atoms with van der Waals surface area (Å²) < 4.78 is 0. The monoisotopic (exact) mass is 1020 g/mol. The largest absolute Gasteiger partial charge is 0.478 e. The lowest BCUT2D eigenvalue weighted by molar-refractivity contribution is 0.0686. The molecule has 0 fully saturated rings. The van der Waals surface area contributed by atoms with Gasteiger partial charge in [0.1, 0.15) is 6.10 Å². The highest BCUT2D eigenvalue weighted by Crippen LogP contribution is 2.51. The van der Waals surface area contributed by atoms with Crippen LogP contribution >= 0.6 is 0 Å². The molecule has 3 N–H and O–H groups in total. The topological polar surface area (TPSA) is 112 Å². The van der Waals surface area contributed by atoms with Gasteiger partial charge in [-0.25, -0.2) is 9.59 Å². The third-order valence-corrected chi connectivity index (χ3v) is 16.6. The molecule has 1 unspecified atom stereocenters. The lowest BCUT2D eigenvalue weighted by Crippen LogP contribution is -2.36. The van der Waals surface area contributed by atoms with E-state index < -0.39 is 18.0 Å². The van der Waals surface area contributed by atoms with Crippen LogP contribution in [-0.2, 0) is 45.3 Å². The summed E-state index contributed by atoms with van der Waals surface area (Å²) >= 11 is 0. The summed E-state index contributed by atoms with van der Waals surface area (Å²) in [4.78, 5) is 35.8. The smallest absolute Gasteiger partial charge is 0.335 e. The molecule has 6 heteroatoms. The second kappa shape index (κ2) is 21.7. The predicted octanol–water partition coefficient (Wildman–Crippen LogP) is 16.1. The van der Waals surface area contributed by atoms with Crippen molar-refractivity contribution in [3.63, 3.8) is 0 Å². The van der Waals surface area contributed by atoms with Gasteiger partial charge >= 0.3 is 11.9 Å². The Morgan fingerprint density at radius 1 is 0.539 bits per heavy atom. The molecule has 0 bridgehead atoms. The summed E-state index contributed by atoms with van der Waals surface area (Å²) in [7, 11) is 0. The van der Waals surface area contributed by atoms with Crippen LogP contribution in [0.25, 0.3) is 6.08 Å². The number of rotatable bonds is 12. The Morgan fingerprint density at radius 2 is 0.947 bits per heavy atom. The van der Waals surface area contributed by atoms with Crippen molar-refractivity contribution >= 4 is 23.8 Å². The molecule has 0 heterocycles. The van der Waals surface area contributed by atoms with Gasteiger partial charge in [-0.15, -0.1) is 0 Å². The maximum atomic E-state index is 13.5. The van der Waals surface area contributed by atoms with Gasteiger partial charge in [-0.1, -0.05) is 185 Å². The summed E-state index contributed by atoms with van der Waals surface area (Å²) in [5.74, 6) is 4.07. The van der Waals surface area contributed by atoms with Crippen molar-refractivity contribution in [3.05, 3.63) is 216 Å². The van der Waals surface area contributed by atoms with E-state index in [9.17, 15) is 19.5 Å². The third-order valence-electron chi connectivity index (χ3n) is 16.6. The zero-order valence-corrected chi connectivity index (χ0v) is 47.6. The lowest BCUT2D eigenvalue weighted by atomic mass is 9.60. The molecule has 0 aromatic heterocycles. The quantitative estimate of drug-likeness (QED) is 0.0640. The summed E-state index contributed by atoms with van der Waals surface area (Å²) in [6.07, 6.45) is 8.55. The van der Waals surface area contributed by atoms with E-state index in [1.807, 2.05) is 0 Å². The van der Waals surface area contributed by atoms with Crippen molar-refractivity contribution < 1.29 is 29.7 Å². The molecule has 2 aliphatic carbocycles. The van der Waals surface area contributed by atoms with Crippen LogP contribution in [0.15, 0.2) is 127 Å². The van der Waals surface area contributed by atoms with Crippen LogP contribution in [0, 0.1) is 25.7 Å². The van der Waals surface area contributed by atoms with E-state index in [1.165, 1.54) is 67.8 Å². The number of carboxylic acids is 2. The first-order valence-electron chi connectivity index (χ1n) is 27.0. The Bertz CT molecular complexity index is 3220. The summed E-state index contributed by atoms with van der Waals surface area (Å²) in [6, 6.07) is 39.2. The zero-order valence-electron chi connectivity index (χ0n) is 47.6. The van der Waals surface area contributed by atoms with Crippen LogP contribution < -0.4 is 0 Å². The highest BCUT2D eigenvalue weighted by Gasteiger charge is 2.42. The molecule has 6 aromatic rings. The molecule has 0 amide bonds. The first kappa shape index (κ1) is 56.9. The number of fused-ring (bicyclic) bond motifs is 2.